The molecule has 1 aromatic carbocycles. The summed E-state index contributed by atoms with van der Waals surface area (Å²) in [4.78, 5) is 22.4. The van der Waals surface area contributed by atoms with Gasteiger partial charge in [0.2, 0.25) is 5.91 Å². The Morgan fingerprint density at radius 3 is 2.12 bits per heavy atom. The smallest absolute Gasteiger partial charge is 0.269 e. The first-order valence-electron chi connectivity index (χ1n) is 12.0. The molecule has 0 aliphatic rings. The molecule has 1 aromatic rings. The summed E-state index contributed by atoms with van der Waals surface area (Å²) in [5.74, 6) is -0.212. The number of amides is 1. The third kappa shape index (κ3) is 12.0. The van der Waals surface area contributed by atoms with Crippen LogP contribution in [0.2, 0.25) is 0 Å². The average molecular weight is 449 g/mol. The summed E-state index contributed by atoms with van der Waals surface area (Å²) in [6, 6.07) is 4.59. The number of nitro groups is 1. The number of rotatable bonds is 18. The zero-order valence-corrected chi connectivity index (χ0v) is 19.4. The van der Waals surface area contributed by atoms with Gasteiger partial charge < -0.3 is 15.5 Å². The van der Waals surface area contributed by atoms with E-state index in [1.165, 1.54) is 62.8 Å². The first-order chi connectivity index (χ1) is 15.5. The van der Waals surface area contributed by atoms with Crippen LogP contribution in [0.5, 0.6) is 0 Å². The Labute approximate surface area is 192 Å². The van der Waals surface area contributed by atoms with E-state index in [4.69, 9.17) is 0 Å². The minimum Gasteiger partial charge on any atom is -0.394 e. The van der Waals surface area contributed by atoms with Crippen molar-refractivity contribution in [1.82, 2.24) is 5.32 Å². The number of allylic oxidation sites excluding steroid dienone is 2. The van der Waals surface area contributed by atoms with E-state index in [0.717, 1.165) is 32.1 Å². The quantitative estimate of drug-likeness (QED) is 0.121. The Balaban J connectivity index is 2.16. The maximum atomic E-state index is 12.2. The number of benzene rings is 1. The third-order valence-corrected chi connectivity index (χ3v) is 5.54. The van der Waals surface area contributed by atoms with Crippen molar-refractivity contribution >= 4 is 11.6 Å². The molecule has 0 spiro atoms. The Morgan fingerprint density at radius 2 is 1.56 bits per heavy atom. The number of hydrogen-bond acceptors (Lipinski definition) is 5. The number of aliphatic hydroxyl groups excluding tert-OH is 2. The highest BCUT2D eigenvalue weighted by Crippen LogP contribution is 2.20. The minimum absolute atomic E-state index is 0.0797. The number of carbonyl (C=O) groups is 1. The van der Waals surface area contributed by atoms with E-state index < -0.39 is 23.7 Å². The molecule has 0 aromatic heterocycles. The zero-order valence-electron chi connectivity index (χ0n) is 19.4. The number of non-ortho nitro benzene ring substituents is 1. The van der Waals surface area contributed by atoms with Crippen molar-refractivity contribution in [2.75, 3.05) is 6.61 Å². The van der Waals surface area contributed by atoms with E-state index in [-0.39, 0.29) is 11.6 Å². The summed E-state index contributed by atoms with van der Waals surface area (Å²) < 4.78 is 0. The van der Waals surface area contributed by atoms with Gasteiger partial charge in [0.05, 0.1) is 17.6 Å². The largest absolute Gasteiger partial charge is 0.394 e. The van der Waals surface area contributed by atoms with Crippen LogP contribution in [0, 0.1) is 10.1 Å². The molecular weight excluding hydrogens is 408 g/mol. The number of unbranched alkanes of at least 4 members (excludes halogenated alkanes) is 9. The van der Waals surface area contributed by atoms with Crippen LogP contribution in [0.1, 0.15) is 95.6 Å². The second-order valence-corrected chi connectivity index (χ2v) is 8.28. The number of nitrogens with zero attached hydrogens (tertiary/aromatic N) is 1. The molecule has 0 saturated carbocycles. The van der Waals surface area contributed by atoms with Gasteiger partial charge in [-0.05, 0) is 49.8 Å². The van der Waals surface area contributed by atoms with Crippen molar-refractivity contribution in [2.24, 2.45) is 0 Å². The van der Waals surface area contributed by atoms with Gasteiger partial charge in [-0.15, -0.1) is 0 Å². The first-order valence-corrected chi connectivity index (χ1v) is 12.0. The van der Waals surface area contributed by atoms with Gasteiger partial charge in [0.15, 0.2) is 0 Å². The van der Waals surface area contributed by atoms with Crippen molar-refractivity contribution in [1.29, 1.82) is 0 Å². The van der Waals surface area contributed by atoms with Crippen LogP contribution >= 0.6 is 0 Å². The fourth-order valence-corrected chi connectivity index (χ4v) is 3.53. The molecule has 0 unspecified atom stereocenters. The SMILES string of the molecule is CCCCCCC=CCCCCCCCC(=O)N[C@H](CO)[C@@H](O)c1ccc([N+](=O)[O-])cc1. The number of carbonyl (C=O) groups excluding carboxylic acids is 1. The summed E-state index contributed by atoms with van der Waals surface area (Å²) in [5.41, 5.74) is 0.328. The van der Waals surface area contributed by atoms with Gasteiger partial charge in [-0.3, -0.25) is 14.9 Å². The van der Waals surface area contributed by atoms with Gasteiger partial charge in [-0.25, -0.2) is 0 Å². The van der Waals surface area contributed by atoms with Gasteiger partial charge >= 0.3 is 0 Å². The lowest BCUT2D eigenvalue weighted by Gasteiger charge is -2.22. The third-order valence-electron chi connectivity index (χ3n) is 5.54. The molecule has 7 nitrogen and oxygen atoms in total. The Morgan fingerprint density at radius 1 is 1.00 bits per heavy atom. The molecule has 0 bridgehead atoms. The van der Waals surface area contributed by atoms with Crippen molar-refractivity contribution in [3.63, 3.8) is 0 Å². The molecular formula is C25H40N2O5. The lowest BCUT2D eigenvalue weighted by Crippen LogP contribution is -2.41. The molecule has 0 aliphatic heterocycles. The van der Waals surface area contributed by atoms with Crippen molar-refractivity contribution in [3.05, 3.63) is 52.1 Å². The number of nitro benzene ring substituents is 1. The molecule has 32 heavy (non-hydrogen) atoms. The summed E-state index contributed by atoms with van der Waals surface area (Å²) in [6.07, 6.45) is 16.5. The molecule has 0 radical (unpaired) electrons. The first kappa shape index (κ1) is 27.8. The highest BCUT2D eigenvalue weighted by Gasteiger charge is 2.22. The molecule has 1 amide bonds. The fourth-order valence-electron chi connectivity index (χ4n) is 3.53. The van der Waals surface area contributed by atoms with E-state index in [1.807, 2.05) is 0 Å². The Hall–Kier alpha value is -2.25. The molecule has 0 aliphatic carbocycles. The maximum absolute atomic E-state index is 12.2. The van der Waals surface area contributed by atoms with Gasteiger partial charge in [-0.2, -0.15) is 0 Å². The van der Waals surface area contributed by atoms with Crippen molar-refractivity contribution < 1.29 is 19.9 Å². The van der Waals surface area contributed by atoms with E-state index in [0.29, 0.717) is 12.0 Å². The number of aliphatic hydroxyl groups is 2. The van der Waals surface area contributed by atoms with Crippen LogP contribution in [0.25, 0.3) is 0 Å². The second kappa shape index (κ2) is 17.3. The molecule has 0 saturated heterocycles. The highest BCUT2D eigenvalue weighted by molar-refractivity contribution is 5.76. The fraction of sp³-hybridized carbons (Fsp3) is 0.640. The second-order valence-electron chi connectivity index (χ2n) is 8.28. The van der Waals surface area contributed by atoms with Crippen LogP contribution in [-0.4, -0.2) is 33.7 Å². The van der Waals surface area contributed by atoms with Gasteiger partial charge in [-0.1, -0.05) is 57.6 Å². The van der Waals surface area contributed by atoms with Gasteiger partial charge in [0, 0.05) is 18.6 Å². The maximum Gasteiger partial charge on any atom is 0.269 e. The van der Waals surface area contributed by atoms with Crippen LogP contribution in [0.4, 0.5) is 5.69 Å². The highest BCUT2D eigenvalue weighted by atomic mass is 16.6. The molecule has 0 fully saturated rings. The molecule has 2 atom stereocenters. The van der Waals surface area contributed by atoms with E-state index in [9.17, 15) is 25.1 Å². The van der Waals surface area contributed by atoms with Crippen LogP contribution in [-0.2, 0) is 4.79 Å². The normalized spacial score (nSPS) is 13.2. The molecule has 0 heterocycles. The molecule has 180 valence electrons. The lowest BCUT2D eigenvalue weighted by atomic mass is 10.0. The Kier molecular flexibility index (Phi) is 15.0. The van der Waals surface area contributed by atoms with E-state index in [1.54, 1.807) is 0 Å². The van der Waals surface area contributed by atoms with Gasteiger partial charge in [0.25, 0.3) is 5.69 Å². The summed E-state index contributed by atoms with van der Waals surface area (Å²) >= 11 is 0. The van der Waals surface area contributed by atoms with E-state index >= 15 is 0 Å². The van der Waals surface area contributed by atoms with Crippen LogP contribution in [0.3, 0.4) is 0 Å². The van der Waals surface area contributed by atoms with Crippen LogP contribution < -0.4 is 5.32 Å². The predicted octanol–water partition coefficient (Wildman–Crippen LogP) is 5.36. The summed E-state index contributed by atoms with van der Waals surface area (Å²) in [6.45, 7) is 1.80. The van der Waals surface area contributed by atoms with Gasteiger partial charge in [0.1, 0.15) is 6.10 Å². The topological polar surface area (TPSA) is 113 Å². The number of nitrogens with one attached hydrogen (secondary N) is 1. The zero-order chi connectivity index (χ0) is 23.6. The summed E-state index contributed by atoms with van der Waals surface area (Å²) in [7, 11) is 0. The van der Waals surface area contributed by atoms with Crippen molar-refractivity contribution in [3.8, 4) is 0 Å². The number of hydrogen-bond donors (Lipinski definition) is 3. The van der Waals surface area contributed by atoms with Crippen LogP contribution in [0.15, 0.2) is 36.4 Å². The minimum atomic E-state index is -1.13. The predicted molar refractivity (Wildman–Crippen MR) is 127 cm³/mol. The Bertz CT molecular complexity index is 675. The van der Waals surface area contributed by atoms with Crippen molar-refractivity contribution in [2.45, 2.75) is 96.1 Å². The average Bonchev–Trinajstić information content (AvgIpc) is 2.80. The standard InChI is InChI=1S/C25H40N2O5/c1-2-3-4-5-6-7-8-9-10-11-12-13-14-15-24(29)26-23(20-28)25(30)21-16-18-22(19-17-21)27(31)32/h7-8,16-19,23,25,28,30H,2-6,9-15,20H2,1H3,(H,26,29)/t23-,25+/m1/s1. The molecule has 3 N–H and O–H groups in total. The molecule has 7 heteroatoms. The van der Waals surface area contributed by atoms with E-state index in [2.05, 4.69) is 24.4 Å². The lowest BCUT2D eigenvalue weighted by molar-refractivity contribution is -0.384. The monoisotopic (exact) mass is 448 g/mol. The molecule has 1 rings (SSSR count). The summed E-state index contributed by atoms with van der Waals surface area (Å²) in [5, 5.41) is 33.3.